The Bertz CT molecular complexity index is 554. The summed E-state index contributed by atoms with van der Waals surface area (Å²) in [5.41, 5.74) is 1.32. The second kappa shape index (κ2) is 3.91. The summed E-state index contributed by atoms with van der Waals surface area (Å²) < 4.78 is 0.838. The number of para-hydroxylation sites is 1. The minimum absolute atomic E-state index is 0.0117. The lowest BCUT2D eigenvalue weighted by Crippen LogP contribution is -1.96. The van der Waals surface area contributed by atoms with E-state index in [2.05, 4.69) is 20.9 Å². The normalized spacial score (nSPS) is 10.6. The van der Waals surface area contributed by atoms with Gasteiger partial charge in [0, 0.05) is 15.4 Å². The topological polar surface area (TPSA) is 30.0 Å². The number of ketones is 1. The summed E-state index contributed by atoms with van der Waals surface area (Å²) in [7, 11) is 0. The minimum Gasteiger partial charge on any atom is -0.294 e. The first kappa shape index (κ1) is 10.6. The van der Waals surface area contributed by atoms with Crippen LogP contribution in [0.5, 0.6) is 0 Å². The number of nitrogens with zero attached hydrogens (tertiary/aromatic N) is 1. The van der Waals surface area contributed by atoms with Gasteiger partial charge in [-0.1, -0.05) is 23.7 Å². The molecule has 4 heteroatoms. The van der Waals surface area contributed by atoms with E-state index in [1.165, 1.54) is 6.92 Å². The second-order valence-corrected chi connectivity index (χ2v) is 4.43. The van der Waals surface area contributed by atoms with Crippen molar-refractivity contribution in [2.45, 2.75) is 6.92 Å². The van der Waals surface area contributed by atoms with Gasteiger partial charge in [-0.3, -0.25) is 4.79 Å². The van der Waals surface area contributed by atoms with Crippen LogP contribution in [-0.4, -0.2) is 10.8 Å². The molecule has 1 aromatic heterocycles. The van der Waals surface area contributed by atoms with Crippen molar-refractivity contribution in [1.82, 2.24) is 4.98 Å². The lowest BCUT2D eigenvalue weighted by Gasteiger charge is -2.05. The zero-order valence-corrected chi connectivity index (χ0v) is 10.3. The Morgan fingerprint density at radius 2 is 2.20 bits per heavy atom. The number of hydrogen-bond acceptors (Lipinski definition) is 2. The molecule has 0 saturated heterocycles. The van der Waals surface area contributed by atoms with Crippen LogP contribution in [0.15, 0.2) is 28.7 Å². The van der Waals surface area contributed by atoms with Crippen LogP contribution < -0.4 is 0 Å². The number of halogens is 2. The van der Waals surface area contributed by atoms with Gasteiger partial charge in [-0.15, -0.1) is 0 Å². The molecule has 0 unspecified atom stereocenters. The van der Waals surface area contributed by atoms with E-state index in [1.54, 1.807) is 6.07 Å². The van der Waals surface area contributed by atoms with Crippen LogP contribution >= 0.6 is 27.5 Å². The third-order valence-corrected chi connectivity index (χ3v) is 2.97. The summed E-state index contributed by atoms with van der Waals surface area (Å²) in [6, 6.07) is 7.20. The fourth-order valence-electron chi connectivity index (χ4n) is 1.47. The van der Waals surface area contributed by atoms with Gasteiger partial charge in [0.2, 0.25) is 0 Å². The molecule has 76 valence electrons. The number of pyridine rings is 1. The van der Waals surface area contributed by atoms with Gasteiger partial charge in [0.25, 0.3) is 0 Å². The molecule has 0 aliphatic carbocycles. The fraction of sp³-hybridized carbons (Fsp3) is 0.0909. The number of aromatic nitrogens is 1. The summed E-state index contributed by atoms with van der Waals surface area (Å²) >= 11 is 9.24. The molecule has 0 aliphatic rings. The van der Waals surface area contributed by atoms with Crippen LogP contribution in [0.2, 0.25) is 5.15 Å². The van der Waals surface area contributed by atoms with Gasteiger partial charge < -0.3 is 0 Å². The molecule has 0 amide bonds. The largest absolute Gasteiger partial charge is 0.294 e. The molecule has 0 spiro atoms. The number of rotatable bonds is 1. The van der Waals surface area contributed by atoms with E-state index in [0.717, 1.165) is 15.4 Å². The number of carbonyl (C=O) groups is 1. The first-order valence-electron chi connectivity index (χ1n) is 4.35. The standard InChI is InChI=1S/C11H7BrClNO/c1-6(15)8-5-10(13)14-11-7(8)3-2-4-9(11)12/h2-5H,1H3. The molecule has 0 atom stereocenters. The summed E-state index contributed by atoms with van der Waals surface area (Å²) in [6.07, 6.45) is 0. The third kappa shape index (κ3) is 1.90. The molecule has 1 heterocycles. The molecule has 0 radical (unpaired) electrons. The molecule has 0 N–H and O–H groups in total. The SMILES string of the molecule is CC(=O)c1cc(Cl)nc2c(Br)cccc12. The van der Waals surface area contributed by atoms with Gasteiger partial charge in [0.1, 0.15) is 5.15 Å². The lowest BCUT2D eigenvalue weighted by molar-refractivity contribution is 0.101. The number of hydrogen-bond donors (Lipinski definition) is 0. The molecule has 0 fully saturated rings. The number of fused-ring (bicyclic) bond motifs is 1. The van der Waals surface area contributed by atoms with Crippen molar-refractivity contribution < 1.29 is 4.79 Å². The molecule has 0 aliphatic heterocycles. The van der Waals surface area contributed by atoms with E-state index in [9.17, 15) is 4.79 Å². The number of Topliss-reactive ketones (excluding diaryl/α,β-unsaturated/α-hetero) is 1. The highest BCUT2D eigenvalue weighted by Gasteiger charge is 2.10. The third-order valence-electron chi connectivity index (χ3n) is 2.14. The maximum Gasteiger partial charge on any atom is 0.160 e. The predicted octanol–water partition coefficient (Wildman–Crippen LogP) is 3.85. The van der Waals surface area contributed by atoms with Crippen LogP contribution in [-0.2, 0) is 0 Å². The van der Waals surface area contributed by atoms with Crippen LogP contribution in [0.3, 0.4) is 0 Å². The smallest absolute Gasteiger partial charge is 0.160 e. The zero-order chi connectivity index (χ0) is 11.0. The molecular weight excluding hydrogens is 277 g/mol. The van der Waals surface area contributed by atoms with E-state index >= 15 is 0 Å². The highest BCUT2D eigenvalue weighted by molar-refractivity contribution is 9.10. The average molecular weight is 285 g/mol. The molecule has 0 saturated carbocycles. The Morgan fingerprint density at radius 3 is 2.87 bits per heavy atom. The van der Waals surface area contributed by atoms with Gasteiger partial charge in [-0.05, 0) is 35.0 Å². The Kier molecular flexibility index (Phi) is 2.76. The van der Waals surface area contributed by atoms with Crippen molar-refractivity contribution in [3.63, 3.8) is 0 Å². The van der Waals surface area contributed by atoms with E-state index < -0.39 is 0 Å². The maximum atomic E-state index is 11.4. The fourth-order valence-corrected chi connectivity index (χ4v) is 2.12. The van der Waals surface area contributed by atoms with Gasteiger partial charge in [0.15, 0.2) is 5.78 Å². The Hall–Kier alpha value is -0.930. The highest BCUT2D eigenvalue weighted by Crippen LogP contribution is 2.27. The van der Waals surface area contributed by atoms with Crippen molar-refractivity contribution >= 4 is 44.2 Å². The van der Waals surface area contributed by atoms with Gasteiger partial charge in [0.05, 0.1) is 5.52 Å². The van der Waals surface area contributed by atoms with Crippen LogP contribution in [0, 0.1) is 0 Å². The Morgan fingerprint density at radius 1 is 1.47 bits per heavy atom. The van der Waals surface area contributed by atoms with Gasteiger partial charge >= 0.3 is 0 Å². The molecule has 2 aromatic rings. The molecule has 0 bridgehead atoms. The van der Waals surface area contributed by atoms with Crippen molar-refractivity contribution in [2.75, 3.05) is 0 Å². The van der Waals surface area contributed by atoms with Crippen molar-refractivity contribution in [2.24, 2.45) is 0 Å². The van der Waals surface area contributed by atoms with Crippen LogP contribution in [0.1, 0.15) is 17.3 Å². The van der Waals surface area contributed by atoms with Crippen molar-refractivity contribution in [1.29, 1.82) is 0 Å². The van der Waals surface area contributed by atoms with Gasteiger partial charge in [-0.25, -0.2) is 4.98 Å². The zero-order valence-electron chi connectivity index (χ0n) is 7.92. The predicted molar refractivity (Wildman–Crippen MR) is 64.5 cm³/mol. The quantitative estimate of drug-likeness (QED) is 0.588. The summed E-state index contributed by atoms with van der Waals surface area (Å²) in [4.78, 5) is 15.6. The summed E-state index contributed by atoms with van der Waals surface area (Å²) in [5.74, 6) is -0.0117. The highest BCUT2D eigenvalue weighted by atomic mass is 79.9. The Balaban J connectivity index is 2.92. The van der Waals surface area contributed by atoms with E-state index in [1.807, 2.05) is 18.2 Å². The minimum atomic E-state index is -0.0117. The maximum absolute atomic E-state index is 11.4. The van der Waals surface area contributed by atoms with E-state index in [-0.39, 0.29) is 5.78 Å². The molecule has 1 aromatic carbocycles. The van der Waals surface area contributed by atoms with E-state index in [4.69, 9.17) is 11.6 Å². The first-order chi connectivity index (χ1) is 7.09. The van der Waals surface area contributed by atoms with Crippen molar-refractivity contribution in [3.8, 4) is 0 Å². The first-order valence-corrected chi connectivity index (χ1v) is 5.52. The van der Waals surface area contributed by atoms with Gasteiger partial charge in [-0.2, -0.15) is 0 Å². The Labute approximate surface area is 100 Å². The number of benzene rings is 1. The monoisotopic (exact) mass is 283 g/mol. The number of carbonyl (C=O) groups excluding carboxylic acids is 1. The molecular formula is C11H7BrClNO. The van der Waals surface area contributed by atoms with E-state index in [0.29, 0.717) is 10.7 Å². The van der Waals surface area contributed by atoms with Crippen LogP contribution in [0.4, 0.5) is 0 Å². The summed E-state index contributed by atoms with van der Waals surface area (Å²) in [5, 5.41) is 1.15. The summed E-state index contributed by atoms with van der Waals surface area (Å²) in [6.45, 7) is 1.52. The molecule has 2 nitrogen and oxygen atoms in total. The molecule has 15 heavy (non-hydrogen) atoms. The van der Waals surface area contributed by atoms with Crippen LogP contribution in [0.25, 0.3) is 10.9 Å². The average Bonchev–Trinajstić information content (AvgIpc) is 2.18. The molecule has 2 rings (SSSR count). The second-order valence-electron chi connectivity index (χ2n) is 3.18. The van der Waals surface area contributed by atoms with Crippen molar-refractivity contribution in [3.05, 3.63) is 39.5 Å². The lowest BCUT2D eigenvalue weighted by atomic mass is 10.1.